The van der Waals surface area contributed by atoms with E-state index in [1.54, 1.807) is 9.80 Å². The smallest absolute Gasteiger partial charge is 0.251 e. The number of hydrogen-bond acceptors (Lipinski definition) is 5. The summed E-state index contributed by atoms with van der Waals surface area (Å²) in [5, 5.41) is 0. The van der Waals surface area contributed by atoms with Gasteiger partial charge in [0.15, 0.2) is 0 Å². The predicted octanol–water partition coefficient (Wildman–Crippen LogP) is -1.19. The maximum Gasteiger partial charge on any atom is 0.251 e. The third-order valence-electron chi connectivity index (χ3n) is 3.86. The van der Waals surface area contributed by atoms with Gasteiger partial charge in [-0.2, -0.15) is 0 Å². The fraction of sp³-hybridized carbons (Fsp3) is 0.846. The SMILES string of the molecule is COCC(=O)N1CCN(C(=O)[C@@H]2CC[C@H](CN)O2)CC1. The Kier molecular flexibility index (Phi) is 5.33. The molecule has 0 radical (unpaired) electrons. The molecular formula is C13H23N3O4. The van der Waals surface area contributed by atoms with E-state index in [1.807, 2.05) is 0 Å². The van der Waals surface area contributed by atoms with Gasteiger partial charge < -0.3 is 25.0 Å². The second-order valence-corrected chi connectivity index (χ2v) is 5.20. The number of methoxy groups -OCH3 is 1. The zero-order valence-electron chi connectivity index (χ0n) is 11.9. The molecule has 2 saturated heterocycles. The Labute approximate surface area is 119 Å². The van der Waals surface area contributed by atoms with E-state index < -0.39 is 0 Å². The number of ether oxygens (including phenoxy) is 2. The second-order valence-electron chi connectivity index (χ2n) is 5.20. The highest BCUT2D eigenvalue weighted by Crippen LogP contribution is 2.21. The molecule has 0 bridgehead atoms. The molecule has 0 spiro atoms. The Bertz CT molecular complexity index is 356. The van der Waals surface area contributed by atoms with Crippen LogP contribution in [0.15, 0.2) is 0 Å². The molecule has 7 nitrogen and oxygen atoms in total. The number of carbonyl (C=O) groups is 2. The molecule has 2 atom stereocenters. The van der Waals surface area contributed by atoms with Crippen molar-refractivity contribution in [2.45, 2.75) is 25.0 Å². The van der Waals surface area contributed by atoms with E-state index in [1.165, 1.54) is 7.11 Å². The van der Waals surface area contributed by atoms with E-state index in [9.17, 15) is 9.59 Å². The average Bonchev–Trinajstić information content (AvgIpc) is 2.96. The van der Waals surface area contributed by atoms with Crippen LogP contribution < -0.4 is 5.73 Å². The van der Waals surface area contributed by atoms with Gasteiger partial charge in [-0.3, -0.25) is 9.59 Å². The van der Waals surface area contributed by atoms with Gasteiger partial charge in [0.2, 0.25) is 5.91 Å². The summed E-state index contributed by atoms with van der Waals surface area (Å²) in [4.78, 5) is 27.5. The fourth-order valence-electron chi connectivity index (χ4n) is 2.66. The minimum atomic E-state index is -0.357. The van der Waals surface area contributed by atoms with Crippen LogP contribution in [-0.2, 0) is 19.1 Å². The molecule has 0 saturated carbocycles. The van der Waals surface area contributed by atoms with Crippen LogP contribution in [0, 0.1) is 0 Å². The quantitative estimate of drug-likeness (QED) is 0.702. The molecule has 7 heteroatoms. The lowest BCUT2D eigenvalue weighted by Gasteiger charge is -2.35. The van der Waals surface area contributed by atoms with E-state index in [0.29, 0.717) is 32.7 Å². The first-order valence-corrected chi connectivity index (χ1v) is 7.06. The molecule has 0 aromatic heterocycles. The lowest BCUT2D eigenvalue weighted by atomic mass is 10.1. The fourth-order valence-corrected chi connectivity index (χ4v) is 2.66. The number of nitrogens with two attached hydrogens (primary N) is 1. The van der Waals surface area contributed by atoms with Gasteiger partial charge in [0.05, 0.1) is 6.10 Å². The summed E-state index contributed by atoms with van der Waals surface area (Å²) >= 11 is 0. The largest absolute Gasteiger partial charge is 0.375 e. The van der Waals surface area contributed by atoms with Gasteiger partial charge in [-0.25, -0.2) is 0 Å². The zero-order valence-corrected chi connectivity index (χ0v) is 11.9. The number of amides is 2. The van der Waals surface area contributed by atoms with E-state index in [-0.39, 0.29) is 30.6 Å². The molecule has 0 aromatic rings. The lowest BCUT2D eigenvalue weighted by molar-refractivity contribution is -0.148. The Morgan fingerprint density at radius 2 is 1.85 bits per heavy atom. The highest BCUT2D eigenvalue weighted by molar-refractivity contribution is 5.82. The van der Waals surface area contributed by atoms with Crippen molar-refractivity contribution in [2.24, 2.45) is 5.73 Å². The first-order valence-electron chi connectivity index (χ1n) is 7.06. The standard InChI is InChI=1S/C13H23N3O4/c1-19-9-12(17)15-4-6-16(7-5-15)13(18)11-3-2-10(8-14)20-11/h10-11H,2-9,14H2,1H3/t10-,11+/m1/s1. The van der Waals surface area contributed by atoms with Crippen molar-refractivity contribution in [1.82, 2.24) is 9.80 Å². The first kappa shape index (κ1) is 15.2. The number of piperazine rings is 1. The molecule has 2 heterocycles. The van der Waals surface area contributed by atoms with E-state index in [4.69, 9.17) is 15.2 Å². The summed E-state index contributed by atoms with van der Waals surface area (Å²) in [6, 6.07) is 0. The summed E-state index contributed by atoms with van der Waals surface area (Å²) in [5.41, 5.74) is 5.55. The van der Waals surface area contributed by atoms with Gasteiger partial charge in [0.1, 0.15) is 12.7 Å². The number of hydrogen-bond donors (Lipinski definition) is 1. The van der Waals surface area contributed by atoms with Crippen molar-refractivity contribution < 1.29 is 19.1 Å². The number of nitrogens with zero attached hydrogens (tertiary/aromatic N) is 2. The van der Waals surface area contributed by atoms with Gasteiger partial charge in [0.25, 0.3) is 5.91 Å². The molecule has 2 N–H and O–H groups in total. The molecule has 2 rings (SSSR count). The van der Waals surface area contributed by atoms with Gasteiger partial charge in [-0.05, 0) is 12.8 Å². The summed E-state index contributed by atoms with van der Waals surface area (Å²) in [7, 11) is 1.50. The molecule has 2 aliphatic rings. The van der Waals surface area contributed by atoms with Crippen LogP contribution >= 0.6 is 0 Å². The van der Waals surface area contributed by atoms with Crippen LogP contribution in [0.25, 0.3) is 0 Å². The second kappa shape index (κ2) is 7.01. The van der Waals surface area contributed by atoms with E-state index in [0.717, 1.165) is 12.8 Å². The molecule has 114 valence electrons. The first-order chi connectivity index (χ1) is 9.65. The lowest BCUT2D eigenvalue weighted by Crippen LogP contribution is -2.53. The summed E-state index contributed by atoms with van der Waals surface area (Å²) in [6.45, 7) is 2.78. The number of carbonyl (C=O) groups excluding carboxylic acids is 2. The molecule has 2 amide bonds. The minimum absolute atomic E-state index is 0.00789. The molecule has 2 fully saturated rings. The normalized spacial score (nSPS) is 26.9. The Hall–Kier alpha value is -1.18. The summed E-state index contributed by atoms with van der Waals surface area (Å²) in [5.74, 6) is -0.000276. The van der Waals surface area contributed by atoms with Crippen molar-refractivity contribution in [3.05, 3.63) is 0 Å². The Morgan fingerprint density at radius 3 is 2.40 bits per heavy atom. The maximum absolute atomic E-state index is 12.3. The van der Waals surface area contributed by atoms with Crippen LogP contribution in [0.3, 0.4) is 0 Å². The molecular weight excluding hydrogens is 262 g/mol. The molecule has 0 aromatic carbocycles. The third-order valence-corrected chi connectivity index (χ3v) is 3.86. The van der Waals surface area contributed by atoms with E-state index in [2.05, 4.69) is 0 Å². The van der Waals surface area contributed by atoms with Gasteiger partial charge in [0, 0.05) is 39.8 Å². The van der Waals surface area contributed by atoms with Crippen molar-refractivity contribution in [2.75, 3.05) is 46.4 Å². The van der Waals surface area contributed by atoms with Crippen molar-refractivity contribution in [1.29, 1.82) is 0 Å². The monoisotopic (exact) mass is 285 g/mol. The van der Waals surface area contributed by atoms with Gasteiger partial charge in [-0.15, -0.1) is 0 Å². The molecule has 0 unspecified atom stereocenters. The third kappa shape index (κ3) is 3.47. The highest BCUT2D eigenvalue weighted by atomic mass is 16.5. The van der Waals surface area contributed by atoms with Crippen LogP contribution in [0.4, 0.5) is 0 Å². The van der Waals surface area contributed by atoms with Gasteiger partial charge >= 0.3 is 0 Å². The van der Waals surface area contributed by atoms with Crippen molar-refractivity contribution in [3.8, 4) is 0 Å². The van der Waals surface area contributed by atoms with Crippen LogP contribution in [0.1, 0.15) is 12.8 Å². The Balaban J connectivity index is 1.79. The van der Waals surface area contributed by atoms with E-state index >= 15 is 0 Å². The summed E-state index contributed by atoms with van der Waals surface area (Å²) < 4.78 is 10.5. The van der Waals surface area contributed by atoms with Gasteiger partial charge in [-0.1, -0.05) is 0 Å². The zero-order chi connectivity index (χ0) is 14.5. The van der Waals surface area contributed by atoms with Crippen molar-refractivity contribution >= 4 is 11.8 Å². The topological polar surface area (TPSA) is 85.1 Å². The highest BCUT2D eigenvalue weighted by Gasteiger charge is 2.34. The van der Waals surface area contributed by atoms with Crippen LogP contribution in [-0.4, -0.2) is 80.3 Å². The molecule has 0 aliphatic carbocycles. The predicted molar refractivity (Wildman–Crippen MR) is 72.0 cm³/mol. The number of rotatable bonds is 4. The Morgan fingerprint density at radius 1 is 1.20 bits per heavy atom. The molecule has 20 heavy (non-hydrogen) atoms. The van der Waals surface area contributed by atoms with Crippen LogP contribution in [0.2, 0.25) is 0 Å². The van der Waals surface area contributed by atoms with Crippen molar-refractivity contribution in [3.63, 3.8) is 0 Å². The minimum Gasteiger partial charge on any atom is -0.375 e. The maximum atomic E-state index is 12.3. The average molecular weight is 285 g/mol. The summed E-state index contributed by atoms with van der Waals surface area (Å²) in [6.07, 6.45) is 1.24. The molecule has 2 aliphatic heterocycles. The van der Waals surface area contributed by atoms with Crippen LogP contribution in [0.5, 0.6) is 0 Å².